The van der Waals surface area contributed by atoms with Crippen LogP contribution in [0.1, 0.15) is 32.9 Å². The van der Waals surface area contributed by atoms with Gasteiger partial charge in [-0.2, -0.15) is 0 Å². The lowest BCUT2D eigenvalue weighted by atomic mass is 10.1. The number of likely N-dealkylation sites (N-methyl/N-ethyl adjacent to an activating group) is 1. The number of aryl methyl sites for hydroxylation is 1. The number of rotatable bonds is 8. The maximum Gasteiger partial charge on any atom is 0.253 e. The molecule has 29 heavy (non-hydrogen) atoms. The van der Waals surface area contributed by atoms with Crippen molar-refractivity contribution < 1.29 is 14.0 Å². The van der Waals surface area contributed by atoms with Gasteiger partial charge in [-0.1, -0.05) is 12.1 Å². The molecule has 152 valence electrons. The van der Waals surface area contributed by atoms with Crippen molar-refractivity contribution in [2.45, 2.75) is 33.0 Å². The van der Waals surface area contributed by atoms with Crippen LogP contribution in [0.25, 0.3) is 0 Å². The summed E-state index contributed by atoms with van der Waals surface area (Å²) in [7, 11) is 1.89. The Labute approximate surface area is 173 Å². The van der Waals surface area contributed by atoms with Gasteiger partial charge in [0.15, 0.2) is 0 Å². The number of carbonyl (C=O) groups excluding carboxylic acids is 2. The van der Waals surface area contributed by atoms with Gasteiger partial charge in [-0.15, -0.1) is 11.3 Å². The second-order valence-corrected chi connectivity index (χ2v) is 8.05. The molecular formula is C21H24N4O3S. The van der Waals surface area contributed by atoms with E-state index in [0.717, 1.165) is 9.88 Å². The molecule has 0 spiro atoms. The lowest BCUT2D eigenvalue weighted by Gasteiger charge is -2.23. The topological polar surface area (TPSA) is 87.5 Å². The normalized spacial score (nSPS) is 12.0. The molecule has 0 unspecified atom stereocenters. The lowest BCUT2D eigenvalue weighted by Crippen LogP contribution is -2.39. The standard InChI is InChI=1S/C21H24N4O3S/c1-14(25(3)13-17-12-22-15(2)29-17)20(26)24-19-9-5-4-8-18(19)21(27)23-11-16-7-6-10-28-16/h4-10,12,14H,11,13H2,1-3H3,(H,23,27)(H,24,26)/t14-/m0/s1. The summed E-state index contributed by atoms with van der Waals surface area (Å²) in [6.45, 7) is 4.70. The van der Waals surface area contributed by atoms with Crippen LogP contribution in [0, 0.1) is 6.92 Å². The molecule has 8 heteroatoms. The minimum absolute atomic E-state index is 0.181. The van der Waals surface area contributed by atoms with Crippen molar-refractivity contribution in [2.75, 3.05) is 12.4 Å². The van der Waals surface area contributed by atoms with Gasteiger partial charge >= 0.3 is 0 Å². The molecule has 0 radical (unpaired) electrons. The average molecular weight is 413 g/mol. The third kappa shape index (κ3) is 5.52. The second kappa shape index (κ2) is 9.49. The Kier molecular flexibility index (Phi) is 6.79. The summed E-state index contributed by atoms with van der Waals surface area (Å²) < 4.78 is 5.23. The van der Waals surface area contributed by atoms with Crippen molar-refractivity contribution in [2.24, 2.45) is 0 Å². The molecule has 0 aliphatic carbocycles. The fourth-order valence-electron chi connectivity index (χ4n) is 2.76. The van der Waals surface area contributed by atoms with Crippen LogP contribution in [0.4, 0.5) is 5.69 Å². The van der Waals surface area contributed by atoms with Crippen molar-refractivity contribution >= 4 is 28.8 Å². The highest BCUT2D eigenvalue weighted by Crippen LogP contribution is 2.18. The first-order valence-electron chi connectivity index (χ1n) is 9.26. The molecule has 7 nitrogen and oxygen atoms in total. The number of amides is 2. The lowest BCUT2D eigenvalue weighted by molar-refractivity contribution is -0.120. The van der Waals surface area contributed by atoms with Crippen LogP contribution in [-0.2, 0) is 17.9 Å². The molecule has 0 aliphatic rings. The van der Waals surface area contributed by atoms with Crippen LogP contribution in [0.5, 0.6) is 0 Å². The predicted molar refractivity (Wildman–Crippen MR) is 113 cm³/mol. The Morgan fingerprint density at radius 3 is 2.72 bits per heavy atom. The van der Waals surface area contributed by atoms with E-state index in [1.165, 1.54) is 0 Å². The van der Waals surface area contributed by atoms with Gasteiger partial charge in [-0.05, 0) is 45.2 Å². The minimum atomic E-state index is -0.378. The molecule has 0 saturated carbocycles. The van der Waals surface area contributed by atoms with Crippen molar-refractivity contribution in [1.29, 1.82) is 0 Å². The number of para-hydroxylation sites is 1. The molecule has 0 aliphatic heterocycles. The zero-order valence-corrected chi connectivity index (χ0v) is 17.5. The molecule has 2 heterocycles. The van der Waals surface area contributed by atoms with Gasteiger partial charge in [0, 0.05) is 17.6 Å². The molecule has 0 fully saturated rings. The fourth-order valence-corrected chi connectivity index (χ4v) is 3.62. The van der Waals surface area contributed by atoms with Gasteiger partial charge in [-0.25, -0.2) is 4.98 Å². The summed E-state index contributed by atoms with van der Waals surface area (Å²) in [5.74, 6) is 0.201. The Bertz CT molecular complexity index is 968. The van der Waals surface area contributed by atoms with E-state index in [1.807, 2.05) is 32.0 Å². The number of anilines is 1. The monoisotopic (exact) mass is 412 g/mol. The van der Waals surface area contributed by atoms with E-state index < -0.39 is 0 Å². The number of nitrogens with zero attached hydrogens (tertiary/aromatic N) is 2. The predicted octanol–water partition coefficient (Wildman–Crippen LogP) is 3.43. The minimum Gasteiger partial charge on any atom is -0.467 e. The maximum atomic E-state index is 12.8. The van der Waals surface area contributed by atoms with Gasteiger partial charge in [0.1, 0.15) is 5.76 Å². The van der Waals surface area contributed by atoms with Crippen LogP contribution in [-0.4, -0.2) is 34.8 Å². The van der Waals surface area contributed by atoms with Crippen LogP contribution in [0.15, 0.2) is 53.3 Å². The number of thiazole rings is 1. The molecule has 0 bridgehead atoms. The molecule has 3 rings (SSSR count). The van der Waals surface area contributed by atoms with Crippen LogP contribution >= 0.6 is 11.3 Å². The van der Waals surface area contributed by atoms with Crippen molar-refractivity contribution in [3.63, 3.8) is 0 Å². The SMILES string of the molecule is Cc1ncc(CN(C)[C@@H](C)C(=O)Nc2ccccc2C(=O)NCc2ccco2)s1. The zero-order valence-electron chi connectivity index (χ0n) is 16.6. The van der Waals surface area contributed by atoms with Gasteiger partial charge < -0.3 is 15.1 Å². The van der Waals surface area contributed by atoms with Crippen molar-refractivity contribution in [1.82, 2.24) is 15.2 Å². The van der Waals surface area contributed by atoms with E-state index in [1.54, 1.807) is 54.0 Å². The number of furan rings is 1. The number of hydrogen-bond donors (Lipinski definition) is 2. The molecule has 2 N–H and O–H groups in total. The molecule has 1 atom stereocenters. The average Bonchev–Trinajstić information content (AvgIpc) is 3.37. The van der Waals surface area contributed by atoms with Crippen LogP contribution in [0.3, 0.4) is 0 Å². The van der Waals surface area contributed by atoms with E-state index in [0.29, 0.717) is 23.6 Å². The number of carbonyl (C=O) groups is 2. The quantitative estimate of drug-likeness (QED) is 0.592. The highest BCUT2D eigenvalue weighted by atomic mass is 32.1. The Morgan fingerprint density at radius 1 is 1.24 bits per heavy atom. The van der Waals surface area contributed by atoms with E-state index in [2.05, 4.69) is 15.6 Å². The summed E-state index contributed by atoms with van der Waals surface area (Å²) in [6, 6.07) is 10.1. The van der Waals surface area contributed by atoms with Crippen molar-refractivity contribution in [3.05, 3.63) is 70.1 Å². The van der Waals surface area contributed by atoms with Gasteiger partial charge in [-0.3, -0.25) is 14.5 Å². The van der Waals surface area contributed by atoms with Gasteiger partial charge in [0.25, 0.3) is 5.91 Å². The van der Waals surface area contributed by atoms with E-state index in [9.17, 15) is 9.59 Å². The first-order valence-corrected chi connectivity index (χ1v) is 10.1. The third-order valence-electron chi connectivity index (χ3n) is 4.55. The number of nitrogens with one attached hydrogen (secondary N) is 2. The molecule has 1 aromatic carbocycles. The smallest absolute Gasteiger partial charge is 0.253 e. The number of hydrogen-bond acceptors (Lipinski definition) is 6. The van der Waals surface area contributed by atoms with Gasteiger partial charge in [0.05, 0.1) is 35.1 Å². The Balaban J connectivity index is 1.62. The summed E-state index contributed by atoms with van der Waals surface area (Å²) in [5, 5.41) is 6.68. The zero-order chi connectivity index (χ0) is 20.8. The first kappa shape index (κ1) is 20.8. The van der Waals surface area contributed by atoms with E-state index >= 15 is 0 Å². The molecular weight excluding hydrogens is 388 g/mol. The third-order valence-corrected chi connectivity index (χ3v) is 5.45. The van der Waals surface area contributed by atoms with Crippen LogP contribution < -0.4 is 10.6 Å². The van der Waals surface area contributed by atoms with Crippen molar-refractivity contribution in [3.8, 4) is 0 Å². The van der Waals surface area contributed by atoms with Crippen LogP contribution in [0.2, 0.25) is 0 Å². The highest BCUT2D eigenvalue weighted by molar-refractivity contribution is 7.11. The summed E-state index contributed by atoms with van der Waals surface area (Å²) >= 11 is 1.61. The molecule has 3 aromatic rings. The number of benzene rings is 1. The largest absolute Gasteiger partial charge is 0.467 e. The number of aromatic nitrogens is 1. The Morgan fingerprint density at radius 2 is 2.03 bits per heavy atom. The second-order valence-electron chi connectivity index (χ2n) is 6.73. The maximum absolute atomic E-state index is 12.8. The summed E-state index contributed by atoms with van der Waals surface area (Å²) in [4.78, 5) is 32.6. The highest BCUT2D eigenvalue weighted by Gasteiger charge is 2.21. The summed E-state index contributed by atoms with van der Waals surface area (Å²) in [6.07, 6.45) is 3.39. The Hall–Kier alpha value is -2.97. The molecule has 2 amide bonds. The molecule has 2 aromatic heterocycles. The first-order chi connectivity index (χ1) is 13.9. The summed E-state index contributed by atoms with van der Waals surface area (Å²) in [5.41, 5.74) is 0.878. The van der Waals surface area contributed by atoms with Gasteiger partial charge in [0.2, 0.25) is 5.91 Å². The van der Waals surface area contributed by atoms with E-state index in [4.69, 9.17) is 4.42 Å². The fraction of sp³-hybridized carbons (Fsp3) is 0.286. The molecule has 0 saturated heterocycles. The van der Waals surface area contributed by atoms with E-state index in [-0.39, 0.29) is 24.4 Å².